The monoisotopic (exact) mass is 243 g/mol. The van der Waals surface area contributed by atoms with Crippen molar-refractivity contribution in [2.45, 2.75) is 18.1 Å². The number of rotatable bonds is 7. The van der Waals surface area contributed by atoms with E-state index >= 15 is 0 Å². The van der Waals surface area contributed by atoms with E-state index in [2.05, 4.69) is 15.3 Å². The summed E-state index contributed by atoms with van der Waals surface area (Å²) >= 11 is 1.61. The van der Waals surface area contributed by atoms with Crippen LogP contribution in [0.25, 0.3) is 0 Å². The van der Waals surface area contributed by atoms with E-state index in [0.29, 0.717) is 12.4 Å². The zero-order chi connectivity index (χ0) is 11.8. The summed E-state index contributed by atoms with van der Waals surface area (Å²) < 4.78 is 5.01. The lowest BCUT2D eigenvalue weighted by molar-refractivity contribution is 0.177. The highest BCUT2D eigenvalue weighted by Gasteiger charge is 2.04. The predicted molar refractivity (Wildman–Crippen MR) is 64.7 cm³/mol. The molecule has 0 spiro atoms. The van der Waals surface area contributed by atoms with E-state index in [1.807, 2.05) is 13.1 Å². The topological polar surface area (TPSA) is 67.3 Å². The Morgan fingerprint density at radius 2 is 2.31 bits per heavy atom. The van der Waals surface area contributed by atoms with Crippen molar-refractivity contribution in [3.63, 3.8) is 0 Å². The van der Waals surface area contributed by atoms with E-state index in [0.717, 1.165) is 23.0 Å². The van der Waals surface area contributed by atoms with Gasteiger partial charge in [0.2, 0.25) is 0 Å². The molecule has 5 nitrogen and oxygen atoms in total. The summed E-state index contributed by atoms with van der Waals surface area (Å²) in [4.78, 5) is 8.61. The molecule has 1 rings (SSSR count). The van der Waals surface area contributed by atoms with Gasteiger partial charge in [-0.05, 0) is 6.42 Å². The van der Waals surface area contributed by atoms with Crippen molar-refractivity contribution in [1.29, 1.82) is 0 Å². The summed E-state index contributed by atoms with van der Waals surface area (Å²) in [6, 6.07) is 1.89. The highest BCUT2D eigenvalue weighted by molar-refractivity contribution is 7.99. The third kappa shape index (κ3) is 4.34. The fourth-order valence-corrected chi connectivity index (χ4v) is 1.96. The third-order valence-electron chi connectivity index (χ3n) is 1.83. The molecule has 0 atom stereocenters. The van der Waals surface area contributed by atoms with E-state index in [1.54, 1.807) is 18.9 Å². The lowest BCUT2D eigenvalue weighted by atomic mass is 10.5. The first-order valence-corrected chi connectivity index (χ1v) is 6.07. The molecule has 0 bridgehead atoms. The molecule has 0 aliphatic heterocycles. The van der Waals surface area contributed by atoms with Gasteiger partial charge < -0.3 is 15.2 Å². The summed E-state index contributed by atoms with van der Waals surface area (Å²) in [6.45, 7) is 0.616. The van der Waals surface area contributed by atoms with Crippen LogP contribution in [0.15, 0.2) is 11.1 Å². The highest BCUT2D eigenvalue weighted by Crippen LogP contribution is 2.19. The lowest BCUT2D eigenvalue weighted by Crippen LogP contribution is -2.02. The number of nitrogens with zero attached hydrogens (tertiary/aromatic N) is 2. The maximum absolute atomic E-state index is 8.71. The Morgan fingerprint density at radius 1 is 1.50 bits per heavy atom. The average Bonchev–Trinajstić information content (AvgIpc) is 2.29. The molecule has 0 saturated carbocycles. The number of aliphatic hydroxyl groups excluding tert-OH is 1. The van der Waals surface area contributed by atoms with Crippen molar-refractivity contribution in [3.8, 4) is 0 Å². The number of anilines is 1. The van der Waals surface area contributed by atoms with Gasteiger partial charge >= 0.3 is 0 Å². The number of aliphatic hydroxyl groups is 1. The minimum Gasteiger partial charge on any atom is -0.396 e. The van der Waals surface area contributed by atoms with E-state index in [4.69, 9.17) is 9.84 Å². The quantitative estimate of drug-likeness (QED) is 0.425. The van der Waals surface area contributed by atoms with Gasteiger partial charge in [-0.25, -0.2) is 9.97 Å². The Labute approximate surface area is 99.6 Å². The van der Waals surface area contributed by atoms with Gasteiger partial charge in [0.05, 0.1) is 0 Å². The van der Waals surface area contributed by atoms with Crippen LogP contribution in [0.3, 0.4) is 0 Å². The smallest absolute Gasteiger partial charge is 0.157 e. The van der Waals surface area contributed by atoms with E-state index in [-0.39, 0.29) is 6.61 Å². The normalized spacial score (nSPS) is 10.4. The molecule has 0 unspecified atom stereocenters. The van der Waals surface area contributed by atoms with Gasteiger partial charge in [0.25, 0.3) is 0 Å². The maximum atomic E-state index is 8.71. The van der Waals surface area contributed by atoms with Gasteiger partial charge in [-0.3, -0.25) is 0 Å². The second kappa shape index (κ2) is 7.43. The number of hydrogen-bond donors (Lipinski definition) is 2. The van der Waals surface area contributed by atoms with Gasteiger partial charge in [0, 0.05) is 32.6 Å². The molecule has 1 aromatic rings. The summed E-state index contributed by atoms with van der Waals surface area (Å²) in [5.41, 5.74) is 0. The molecule has 6 heteroatoms. The number of ether oxygens (including phenoxy) is 1. The predicted octanol–water partition coefficient (Wildman–Crippen LogP) is 1.14. The molecule has 2 N–H and O–H groups in total. The molecule has 0 saturated heterocycles. The third-order valence-corrected chi connectivity index (χ3v) is 2.83. The van der Waals surface area contributed by atoms with Crippen molar-refractivity contribution in [1.82, 2.24) is 9.97 Å². The van der Waals surface area contributed by atoms with Crippen LogP contribution in [0.4, 0.5) is 5.82 Å². The minimum absolute atomic E-state index is 0.210. The average molecular weight is 243 g/mol. The van der Waals surface area contributed by atoms with Crippen molar-refractivity contribution < 1.29 is 9.84 Å². The number of thioether (sulfide) groups is 1. The Kier molecular flexibility index (Phi) is 6.14. The van der Waals surface area contributed by atoms with Crippen molar-refractivity contribution in [2.24, 2.45) is 0 Å². The maximum Gasteiger partial charge on any atom is 0.157 e. The Balaban J connectivity index is 2.69. The van der Waals surface area contributed by atoms with Crippen LogP contribution in [0, 0.1) is 0 Å². The molecule has 16 heavy (non-hydrogen) atoms. The first-order chi connectivity index (χ1) is 7.80. The second-order valence-corrected chi connectivity index (χ2v) is 4.23. The largest absolute Gasteiger partial charge is 0.396 e. The van der Waals surface area contributed by atoms with Crippen LogP contribution in [-0.2, 0) is 11.3 Å². The minimum atomic E-state index is 0.210. The number of hydrogen-bond acceptors (Lipinski definition) is 6. The zero-order valence-corrected chi connectivity index (χ0v) is 10.4. The molecule has 0 amide bonds. The van der Waals surface area contributed by atoms with Crippen molar-refractivity contribution in [3.05, 3.63) is 11.9 Å². The summed E-state index contributed by atoms with van der Waals surface area (Å²) in [5, 5.41) is 12.6. The van der Waals surface area contributed by atoms with Gasteiger partial charge in [-0.15, -0.1) is 11.8 Å². The molecule has 90 valence electrons. The van der Waals surface area contributed by atoms with Crippen LogP contribution >= 0.6 is 11.8 Å². The molecular weight excluding hydrogens is 226 g/mol. The van der Waals surface area contributed by atoms with Crippen LogP contribution in [0.1, 0.15) is 12.2 Å². The van der Waals surface area contributed by atoms with Crippen LogP contribution in [0.2, 0.25) is 0 Å². The first-order valence-electron chi connectivity index (χ1n) is 5.08. The second-order valence-electron chi connectivity index (χ2n) is 3.12. The Hall–Kier alpha value is -0.850. The summed E-state index contributed by atoms with van der Waals surface area (Å²) in [6.07, 6.45) is 0.767. The van der Waals surface area contributed by atoms with Crippen LogP contribution in [-0.4, -0.2) is 41.6 Å². The molecule has 0 aliphatic carbocycles. The lowest BCUT2D eigenvalue weighted by Gasteiger charge is -2.06. The van der Waals surface area contributed by atoms with E-state index in [9.17, 15) is 0 Å². The molecule has 0 radical (unpaired) electrons. The Morgan fingerprint density at radius 3 is 2.94 bits per heavy atom. The SMILES string of the molecule is CNc1cc(SCCCO)nc(COC)n1. The standard InChI is InChI=1S/C10H17N3O2S/c1-11-8-6-10(16-5-3-4-14)13-9(12-8)7-15-2/h6,14H,3-5,7H2,1-2H3,(H,11,12,13). The summed E-state index contributed by atoms with van der Waals surface area (Å²) in [7, 11) is 3.44. The fourth-order valence-electron chi connectivity index (χ4n) is 1.11. The van der Waals surface area contributed by atoms with Crippen LogP contribution in [0.5, 0.6) is 0 Å². The molecule has 0 fully saturated rings. The summed E-state index contributed by atoms with van der Waals surface area (Å²) in [5.74, 6) is 2.30. The Bertz CT molecular complexity index is 323. The molecule has 0 aromatic carbocycles. The van der Waals surface area contributed by atoms with Crippen molar-refractivity contribution >= 4 is 17.6 Å². The molecule has 0 aliphatic rings. The molecule has 1 heterocycles. The van der Waals surface area contributed by atoms with Crippen molar-refractivity contribution in [2.75, 3.05) is 31.8 Å². The van der Waals surface area contributed by atoms with Gasteiger partial charge in [-0.1, -0.05) is 0 Å². The zero-order valence-electron chi connectivity index (χ0n) is 9.56. The van der Waals surface area contributed by atoms with E-state index in [1.165, 1.54) is 0 Å². The van der Waals surface area contributed by atoms with Crippen LogP contribution < -0.4 is 5.32 Å². The fraction of sp³-hybridized carbons (Fsp3) is 0.600. The van der Waals surface area contributed by atoms with E-state index < -0.39 is 0 Å². The van der Waals surface area contributed by atoms with Gasteiger partial charge in [-0.2, -0.15) is 0 Å². The van der Waals surface area contributed by atoms with Gasteiger partial charge in [0.15, 0.2) is 5.82 Å². The first kappa shape index (κ1) is 13.2. The molecular formula is C10H17N3O2S. The number of methoxy groups -OCH3 is 1. The van der Waals surface area contributed by atoms with Gasteiger partial charge in [0.1, 0.15) is 17.5 Å². The number of aromatic nitrogens is 2. The number of nitrogens with one attached hydrogen (secondary N) is 1. The highest BCUT2D eigenvalue weighted by atomic mass is 32.2. The molecule has 1 aromatic heterocycles.